The number of rotatable bonds is 4. The highest BCUT2D eigenvalue weighted by Crippen LogP contribution is 2.16. The predicted molar refractivity (Wildman–Crippen MR) is 82.0 cm³/mol. The number of anilines is 1. The molecule has 22 heavy (non-hydrogen) atoms. The molecule has 0 aliphatic heterocycles. The zero-order valence-electron chi connectivity index (χ0n) is 11.9. The molecule has 0 aromatic carbocycles. The molecule has 1 amide bonds. The Bertz CT molecular complexity index is 895. The fraction of sp³-hybridized carbons (Fsp3) is 0.231. The molecule has 3 aromatic rings. The van der Waals surface area contributed by atoms with E-state index >= 15 is 0 Å². The Hall–Kier alpha value is -2.55. The summed E-state index contributed by atoms with van der Waals surface area (Å²) in [6.07, 6.45) is 0. The first kappa shape index (κ1) is 14.4. The van der Waals surface area contributed by atoms with Crippen LogP contribution in [0.1, 0.15) is 11.5 Å². The molecule has 0 unspecified atom stereocenters. The van der Waals surface area contributed by atoms with Crippen LogP contribution in [0.5, 0.6) is 0 Å². The van der Waals surface area contributed by atoms with Crippen LogP contribution in [0.3, 0.4) is 0 Å². The number of H-pyrrole nitrogens is 2. The number of hydrogen-bond acceptors (Lipinski definition) is 6. The number of fused-ring (bicyclic) bond motifs is 1. The summed E-state index contributed by atoms with van der Waals surface area (Å²) in [6.45, 7) is 3.58. The summed E-state index contributed by atoms with van der Waals surface area (Å²) in [5, 5.41) is 6.66. The third-order valence-corrected chi connectivity index (χ3v) is 3.71. The van der Waals surface area contributed by atoms with E-state index in [-0.39, 0.29) is 17.2 Å². The fourth-order valence-corrected chi connectivity index (χ4v) is 2.61. The smallest absolute Gasteiger partial charge is 0.275 e. The number of nitrogens with zero attached hydrogens (tertiary/aromatic N) is 2. The average Bonchev–Trinajstić information content (AvgIpc) is 3.02. The molecule has 0 saturated carbocycles. The molecule has 0 aliphatic carbocycles. The van der Waals surface area contributed by atoms with Crippen LogP contribution in [0.25, 0.3) is 11.0 Å². The molecule has 0 radical (unpaired) electrons. The number of carbonyl (C=O) groups excluding carboxylic acids is 1. The molecular weight excluding hydrogens is 306 g/mol. The molecule has 0 fully saturated rings. The second-order valence-electron chi connectivity index (χ2n) is 4.74. The van der Waals surface area contributed by atoms with Crippen LogP contribution < -0.4 is 10.9 Å². The summed E-state index contributed by atoms with van der Waals surface area (Å²) in [5.41, 5.74) is 1.61. The Labute approximate surface area is 128 Å². The zero-order valence-corrected chi connectivity index (χ0v) is 12.7. The molecule has 0 bridgehead atoms. The first-order valence-corrected chi connectivity index (χ1v) is 7.45. The number of hydrogen-bond donors (Lipinski definition) is 3. The van der Waals surface area contributed by atoms with Crippen LogP contribution in [0.4, 0.5) is 5.82 Å². The predicted octanol–water partition coefficient (Wildman–Crippen LogP) is 1.59. The molecule has 114 valence electrons. The Morgan fingerprint density at radius 3 is 2.91 bits per heavy atom. The van der Waals surface area contributed by atoms with Gasteiger partial charge in [0.25, 0.3) is 5.56 Å². The Balaban J connectivity index is 1.68. The maximum atomic E-state index is 11.9. The van der Waals surface area contributed by atoms with Crippen molar-refractivity contribution in [2.24, 2.45) is 0 Å². The average molecular weight is 319 g/mol. The van der Waals surface area contributed by atoms with E-state index < -0.39 is 0 Å². The van der Waals surface area contributed by atoms with Crippen molar-refractivity contribution in [2.45, 2.75) is 19.0 Å². The van der Waals surface area contributed by atoms with Gasteiger partial charge in [0.1, 0.15) is 11.3 Å². The number of aromatic nitrogens is 4. The van der Waals surface area contributed by atoms with E-state index in [0.717, 1.165) is 17.5 Å². The largest absolute Gasteiger partial charge is 0.360 e. The quantitative estimate of drug-likeness (QED) is 0.496. The third-order valence-electron chi connectivity index (χ3n) is 2.84. The van der Waals surface area contributed by atoms with Gasteiger partial charge in [0, 0.05) is 11.8 Å². The number of aryl methyl sites for hydroxylation is 2. The molecule has 8 nitrogen and oxygen atoms in total. The van der Waals surface area contributed by atoms with Crippen molar-refractivity contribution >= 4 is 34.5 Å². The summed E-state index contributed by atoms with van der Waals surface area (Å²) >= 11 is 1.14. The van der Waals surface area contributed by atoms with Gasteiger partial charge in [-0.05, 0) is 19.9 Å². The van der Waals surface area contributed by atoms with E-state index in [1.54, 1.807) is 19.1 Å². The lowest BCUT2D eigenvalue weighted by Crippen LogP contribution is -2.15. The van der Waals surface area contributed by atoms with Gasteiger partial charge in [-0.1, -0.05) is 16.9 Å². The van der Waals surface area contributed by atoms with Gasteiger partial charge in [-0.25, -0.2) is 4.98 Å². The summed E-state index contributed by atoms with van der Waals surface area (Å²) in [6, 6.07) is 3.41. The number of nitrogens with one attached hydrogen (secondary N) is 3. The van der Waals surface area contributed by atoms with Crippen LogP contribution in [-0.2, 0) is 4.79 Å². The minimum atomic E-state index is -0.258. The highest BCUT2D eigenvalue weighted by atomic mass is 32.2. The molecule has 0 atom stereocenters. The van der Waals surface area contributed by atoms with Crippen molar-refractivity contribution in [3.63, 3.8) is 0 Å². The van der Waals surface area contributed by atoms with Gasteiger partial charge in [0.05, 0.1) is 11.3 Å². The van der Waals surface area contributed by atoms with Gasteiger partial charge in [-0.2, -0.15) is 0 Å². The zero-order chi connectivity index (χ0) is 15.7. The van der Waals surface area contributed by atoms with Gasteiger partial charge in [-0.15, -0.1) is 0 Å². The molecule has 0 aliphatic rings. The molecule has 3 aromatic heterocycles. The van der Waals surface area contributed by atoms with Crippen molar-refractivity contribution in [3.05, 3.63) is 33.9 Å². The lowest BCUT2D eigenvalue weighted by atomic mass is 10.4. The first-order chi connectivity index (χ1) is 10.5. The normalized spacial score (nSPS) is 11.0. The SMILES string of the molecule is Cc1cc2nc(SCC(=O)Nc3cc(C)on3)[nH]c(=O)c2[nH]1. The maximum Gasteiger partial charge on any atom is 0.275 e. The van der Waals surface area contributed by atoms with E-state index in [1.165, 1.54) is 0 Å². The standard InChI is InChI=1S/C13H13N5O3S/c1-6-3-8-11(14-6)12(20)17-13(15-8)22-5-10(19)16-9-4-7(2)21-18-9/h3-4,14H,5H2,1-2H3,(H,15,17,20)(H,16,18,19). The van der Waals surface area contributed by atoms with Crippen LogP contribution in [0.15, 0.2) is 26.6 Å². The van der Waals surface area contributed by atoms with Crippen molar-refractivity contribution in [1.29, 1.82) is 0 Å². The van der Waals surface area contributed by atoms with Crippen molar-refractivity contribution < 1.29 is 9.32 Å². The fourth-order valence-electron chi connectivity index (χ4n) is 1.94. The monoisotopic (exact) mass is 319 g/mol. The molecule has 3 heterocycles. The lowest BCUT2D eigenvalue weighted by Gasteiger charge is -2.01. The Morgan fingerprint density at radius 1 is 1.36 bits per heavy atom. The molecule has 0 saturated heterocycles. The molecular formula is C13H13N5O3S. The van der Waals surface area contributed by atoms with E-state index in [1.807, 2.05) is 6.92 Å². The van der Waals surface area contributed by atoms with Gasteiger partial charge < -0.3 is 14.8 Å². The summed E-state index contributed by atoms with van der Waals surface area (Å²) < 4.78 is 4.86. The third kappa shape index (κ3) is 3.03. The summed E-state index contributed by atoms with van der Waals surface area (Å²) in [4.78, 5) is 33.6. The molecule has 3 rings (SSSR count). The number of thioether (sulfide) groups is 1. The Kier molecular flexibility index (Phi) is 3.72. The highest BCUT2D eigenvalue weighted by molar-refractivity contribution is 7.99. The molecule has 9 heteroatoms. The van der Waals surface area contributed by atoms with Crippen molar-refractivity contribution in [3.8, 4) is 0 Å². The second-order valence-corrected chi connectivity index (χ2v) is 5.71. The molecule has 3 N–H and O–H groups in total. The molecule has 0 spiro atoms. The number of aromatic amines is 2. The van der Waals surface area contributed by atoms with Crippen LogP contribution in [0.2, 0.25) is 0 Å². The van der Waals surface area contributed by atoms with E-state index in [4.69, 9.17) is 4.52 Å². The van der Waals surface area contributed by atoms with E-state index in [2.05, 4.69) is 25.4 Å². The Morgan fingerprint density at radius 2 is 2.18 bits per heavy atom. The second kappa shape index (κ2) is 5.68. The minimum Gasteiger partial charge on any atom is -0.360 e. The van der Waals surface area contributed by atoms with Crippen LogP contribution >= 0.6 is 11.8 Å². The lowest BCUT2D eigenvalue weighted by molar-refractivity contribution is -0.113. The summed E-state index contributed by atoms with van der Waals surface area (Å²) in [7, 11) is 0. The topological polar surface area (TPSA) is 117 Å². The van der Waals surface area contributed by atoms with E-state index in [9.17, 15) is 9.59 Å². The van der Waals surface area contributed by atoms with E-state index in [0.29, 0.717) is 27.8 Å². The van der Waals surface area contributed by atoms with Gasteiger partial charge in [0.2, 0.25) is 5.91 Å². The number of amides is 1. The number of carbonyl (C=O) groups is 1. The maximum absolute atomic E-state index is 11.9. The summed E-state index contributed by atoms with van der Waals surface area (Å²) in [5.74, 6) is 0.818. The van der Waals surface area contributed by atoms with Crippen molar-refractivity contribution in [1.82, 2.24) is 20.1 Å². The van der Waals surface area contributed by atoms with Gasteiger partial charge >= 0.3 is 0 Å². The van der Waals surface area contributed by atoms with Gasteiger partial charge in [0.15, 0.2) is 11.0 Å². The first-order valence-electron chi connectivity index (χ1n) is 6.47. The van der Waals surface area contributed by atoms with Gasteiger partial charge in [-0.3, -0.25) is 14.6 Å². The van der Waals surface area contributed by atoms with Crippen LogP contribution in [0, 0.1) is 13.8 Å². The van der Waals surface area contributed by atoms with Crippen LogP contribution in [-0.4, -0.2) is 31.8 Å². The minimum absolute atomic E-state index is 0.101. The highest BCUT2D eigenvalue weighted by Gasteiger charge is 2.10. The van der Waals surface area contributed by atoms with Crippen molar-refractivity contribution in [2.75, 3.05) is 11.1 Å².